The highest BCUT2D eigenvalue weighted by molar-refractivity contribution is 14.2. The van der Waals surface area contributed by atoms with E-state index in [9.17, 15) is 15.7 Å². The molecule has 0 heterocycles. The van der Waals surface area contributed by atoms with E-state index < -0.39 is 54.3 Å². The van der Waals surface area contributed by atoms with Crippen LogP contribution in [0.4, 0.5) is 0 Å². The molecule has 0 aromatic heterocycles. The van der Waals surface area contributed by atoms with Gasteiger partial charge in [-0.05, 0) is 85.8 Å². The molecule has 0 aliphatic heterocycles. The number of benzene rings is 2. The molecule has 0 spiro atoms. The minimum atomic E-state index is -1.74. The van der Waals surface area contributed by atoms with Crippen LogP contribution in [0.3, 0.4) is 0 Å². The molecular formula is C24H24I2O6. The average Bonchev–Trinajstić information content (AvgIpc) is 2.85. The van der Waals surface area contributed by atoms with Crippen LogP contribution in [0.2, 0.25) is 0 Å². The average molecular weight is 662 g/mol. The third-order valence-corrected chi connectivity index (χ3v) is 9.51. The van der Waals surface area contributed by atoms with Gasteiger partial charge in [0.15, 0.2) is 42.4 Å². The van der Waals surface area contributed by atoms with Gasteiger partial charge in [0.05, 0.1) is 32.5 Å². The summed E-state index contributed by atoms with van der Waals surface area (Å²) in [5, 5.41) is 0. The molecule has 0 amide bonds. The molecular weight excluding hydrogens is 638 g/mol. The Labute approximate surface area is 207 Å². The number of hydrogen-bond acceptors (Lipinski definition) is 6. The molecule has 6 nitrogen and oxygen atoms in total. The number of esters is 2. The SMILES string of the molecule is COC(=O)c1cc2c(c(-c3c4c(cc(C(=O)OC)c3I=O)CCCC4)c1I=O)CCCC2. The topological polar surface area (TPSA) is 86.7 Å². The zero-order chi connectivity index (χ0) is 22.8. The maximum absolute atomic E-state index is 12.7. The molecule has 0 unspecified atom stereocenters. The number of halogens is 2. The zero-order valence-corrected chi connectivity index (χ0v) is 22.3. The van der Waals surface area contributed by atoms with Crippen molar-refractivity contribution in [2.75, 3.05) is 14.2 Å². The van der Waals surface area contributed by atoms with Gasteiger partial charge in [0.25, 0.3) is 0 Å². The van der Waals surface area contributed by atoms with Crippen molar-refractivity contribution >= 4 is 54.3 Å². The van der Waals surface area contributed by atoms with Gasteiger partial charge in [-0.2, -0.15) is 0 Å². The van der Waals surface area contributed by atoms with Gasteiger partial charge in [-0.1, -0.05) is 0 Å². The summed E-state index contributed by atoms with van der Waals surface area (Å²) in [7, 11) is 2.64. The van der Waals surface area contributed by atoms with Crippen molar-refractivity contribution in [2.45, 2.75) is 51.4 Å². The predicted molar refractivity (Wildman–Crippen MR) is 135 cm³/mol. The maximum atomic E-state index is 12.7. The van der Waals surface area contributed by atoms with Crippen LogP contribution in [0.1, 0.15) is 68.7 Å². The molecule has 32 heavy (non-hydrogen) atoms. The lowest BCUT2D eigenvalue weighted by Crippen LogP contribution is -2.17. The molecule has 0 N–H and O–H groups in total. The lowest BCUT2D eigenvalue weighted by atomic mass is 9.79. The van der Waals surface area contributed by atoms with E-state index in [0.717, 1.165) is 84.7 Å². The molecule has 2 aromatic rings. The summed E-state index contributed by atoms with van der Waals surface area (Å²) in [5.74, 6) is -1.02. The Morgan fingerprint density at radius 2 is 1.06 bits per heavy atom. The number of rotatable bonds is 5. The molecule has 0 saturated carbocycles. The van der Waals surface area contributed by atoms with Gasteiger partial charge < -0.3 is 9.47 Å². The number of fused-ring (bicyclic) bond motifs is 2. The van der Waals surface area contributed by atoms with Crippen molar-refractivity contribution in [2.24, 2.45) is 0 Å². The number of ether oxygens (including phenoxy) is 2. The summed E-state index contributed by atoms with van der Waals surface area (Å²) in [4.78, 5) is 25.3. The van der Waals surface area contributed by atoms with Crippen LogP contribution in [-0.2, 0) is 41.3 Å². The second-order valence-electron chi connectivity index (χ2n) is 8.05. The van der Waals surface area contributed by atoms with Crippen LogP contribution in [0.5, 0.6) is 0 Å². The standard InChI is InChI=1S/C24H24I2O6/c1-31-23(27)17-11-13-7-3-5-9-15(13)19(21(17)25-29)20-16-10-6-4-8-14(16)12-18(22(20)26-30)24(28)32-2/h11-12H,3-10H2,1-2H3. The van der Waals surface area contributed by atoms with E-state index in [0.29, 0.717) is 18.3 Å². The minimum Gasteiger partial charge on any atom is -0.465 e. The highest BCUT2D eigenvalue weighted by Gasteiger charge is 2.31. The van der Waals surface area contributed by atoms with Gasteiger partial charge in [0, 0.05) is 11.1 Å². The van der Waals surface area contributed by atoms with Crippen molar-refractivity contribution in [3.63, 3.8) is 0 Å². The number of carbonyl (C=O) groups excluding carboxylic acids is 2. The third-order valence-electron chi connectivity index (χ3n) is 6.39. The van der Waals surface area contributed by atoms with E-state index in [4.69, 9.17) is 9.47 Å². The lowest BCUT2D eigenvalue weighted by Gasteiger charge is -2.27. The Morgan fingerprint density at radius 3 is 1.41 bits per heavy atom. The fraction of sp³-hybridized carbons (Fsp3) is 0.417. The number of hydrogen-bond donors (Lipinski definition) is 0. The predicted octanol–water partition coefficient (Wildman–Crippen LogP) is 5.66. The van der Waals surface area contributed by atoms with E-state index in [-0.39, 0.29) is 0 Å². The van der Waals surface area contributed by atoms with Gasteiger partial charge in [0.1, 0.15) is 0 Å². The molecule has 0 saturated heterocycles. The number of carbonyl (C=O) groups is 2. The molecule has 2 aliphatic carbocycles. The van der Waals surface area contributed by atoms with E-state index >= 15 is 0 Å². The van der Waals surface area contributed by atoms with Crippen molar-refractivity contribution in [3.8, 4) is 11.1 Å². The summed E-state index contributed by atoms with van der Waals surface area (Å²) in [6.07, 6.45) is 7.27. The summed E-state index contributed by atoms with van der Waals surface area (Å²) >= 11 is -3.47. The Kier molecular flexibility index (Phi) is 7.48. The van der Waals surface area contributed by atoms with Crippen LogP contribution >= 0.6 is 42.4 Å². The van der Waals surface area contributed by atoms with Crippen LogP contribution in [0.15, 0.2) is 12.1 Å². The molecule has 8 heteroatoms. The summed E-state index contributed by atoms with van der Waals surface area (Å²) in [6, 6.07) is 3.67. The minimum absolute atomic E-state index is 0.328. The molecule has 0 atom stereocenters. The fourth-order valence-corrected chi connectivity index (χ4v) is 7.81. The molecule has 0 radical (unpaired) electrons. The van der Waals surface area contributed by atoms with E-state index in [2.05, 4.69) is 0 Å². The lowest BCUT2D eigenvalue weighted by molar-refractivity contribution is 0.0590. The second kappa shape index (κ2) is 10.1. The van der Waals surface area contributed by atoms with Gasteiger partial charge >= 0.3 is 11.9 Å². The monoisotopic (exact) mass is 662 g/mol. The zero-order valence-electron chi connectivity index (χ0n) is 18.0. The van der Waals surface area contributed by atoms with Gasteiger partial charge in [-0.3, -0.25) is 6.14 Å². The highest BCUT2D eigenvalue weighted by Crippen LogP contribution is 2.46. The molecule has 170 valence electrons. The van der Waals surface area contributed by atoms with Crippen molar-refractivity contribution < 1.29 is 25.2 Å². The smallest absolute Gasteiger partial charge is 0.339 e. The van der Waals surface area contributed by atoms with E-state index in [1.165, 1.54) is 14.2 Å². The van der Waals surface area contributed by atoms with Crippen molar-refractivity contribution in [1.29, 1.82) is 0 Å². The van der Waals surface area contributed by atoms with Crippen LogP contribution in [-0.4, -0.2) is 26.2 Å². The highest BCUT2D eigenvalue weighted by atomic mass is 127. The van der Waals surface area contributed by atoms with Gasteiger partial charge in [-0.25, -0.2) is 9.59 Å². The third kappa shape index (κ3) is 4.08. The Hall–Kier alpha value is -1.56. The maximum Gasteiger partial charge on any atom is 0.339 e. The first-order valence-electron chi connectivity index (χ1n) is 10.6. The number of methoxy groups -OCH3 is 2. The normalized spacial score (nSPS) is 14.9. The van der Waals surface area contributed by atoms with Gasteiger partial charge in [0.2, 0.25) is 0 Å². The Balaban J connectivity index is 2.18. The number of aryl methyl sites for hydroxylation is 2. The van der Waals surface area contributed by atoms with E-state index in [1.807, 2.05) is 12.1 Å². The summed E-state index contributed by atoms with van der Waals surface area (Å²) in [5.41, 5.74) is 6.43. The second-order valence-corrected chi connectivity index (χ2v) is 11.1. The first kappa shape index (κ1) is 23.6. The molecule has 2 aromatic carbocycles. The summed E-state index contributed by atoms with van der Waals surface area (Å²) < 4.78 is 36.3. The molecule has 4 rings (SSSR count). The van der Waals surface area contributed by atoms with E-state index in [1.54, 1.807) is 0 Å². The van der Waals surface area contributed by atoms with Gasteiger partial charge in [-0.15, -0.1) is 0 Å². The van der Waals surface area contributed by atoms with Crippen molar-refractivity contribution in [3.05, 3.63) is 52.7 Å². The Morgan fingerprint density at radius 1 is 0.688 bits per heavy atom. The van der Waals surface area contributed by atoms with Crippen molar-refractivity contribution in [1.82, 2.24) is 0 Å². The van der Waals surface area contributed by atoms with Crippen LogP contribution in [0.25, 0.3) is 11.1 Å². The molecule has 0 bridgehead atoms. The van der Waals surface area contributed by atoms with Crippen LogP contribution in [0, 0.1) is 7.14 Å². The van der Waals surface area contributed by atoms with Crippen LogP contribution < -0.4 is 0 Å². The fourth-order valence-electron chi connectivity index (χ4n) is 4.96. The quantitative estimate of drug-likeness (QED) is 0.304. The first-order chi connectivity index (χ1) is 15.5. The molecule has 0 fully saturated rings. The summed E-state index contributed by atoms with van der Waals surface area (Å²) in [6.45, 7) is 0. The Bertz CT molecular complexity index is 1050. The largest absolute Gasteiger partial charge is 0.465 e. The first-order valence-corrected chi connectivity index (χ1v) is 14.6. The molecule has 2 aliphatic rings.